The van der Waals surface area contributed by atoms with Crippen LogP contribution in [0.4, 0.5) is 0 Å². The molecule has 15 heavy (non-hydrogen) atoms. The highest BCUT2D eigenvalue weighted by Gasteiger charge is 2.32. The van der Waals surface area contributed by atoms with Crippen LogP contribution < -0.4 is 5.36 Å². The Balaban J connectivity index is 2.41. The van der Waals surface area contributed by atoms with E-state index < -0.39 is 0 Å². The summed E-state index contributed by atoms with van der Waals surface area (Å²) >= 11 is 1.78. The second-order valence-electron chi connectivity index (χ2n) is 4.51. The zero-order valence-electron chi connectivity index (χ0n) is 8.87. The lowest BCUT2D eigenvalue weighted by Crippen LogP contribution is -2.19. The first kappa shape index (κ1) is 8.98. The number of hydrogen-bond donors (Lipinski definition) is 0. The van der Waals surface area contributed by atoms with Gasteiger partial charge >= 0.3 is 0 Å². The lowest BCUT2D eigenvalue weighted by molar-refractivity contribution is 0.640. The van der Waals surface area contributed by atoms with Crippen molar-refractivity contribution in [2.24, 2.45) is 4.99 Å². The third kappa shape index (κ3) is 1.08. The van der Waals surface area contributed by atoms with Gasteiger partial charge in [-0.25, -0.2) is 0 Å². The first-order valence-corrected chi connectivity index (χ1v) is 5.90. The van der Waals surface area contributed by atoms with Crippen LogP contribution in [0.3, 0.4) is 0 Å². The van der Waals surface area contributed by atoms with Crippen LogP contribution in [0.2, 0.25) is 0 Å². The summed E-state index contributed by atoms with van der Waals surface area (Å²) in [7, 11) is 0. The molecule has 3 rings (SSSR count). The molecular formula is C13H12NS+. The molecule has 1 nitrogen and oxygen atoms in total. The number of hydrogen-bond acceptors (Lipinski definition) is 1. The Morgan fingerprint density at radius 2 is 2.13 bits per heavy atom. The van der Waals surface area contributed by atoms with Crippen LogP contribution in [0.25, 0.3) is 6.08 Å². The van der Waals surface area contributed by atoms with Crippen molar-refractivity contribution >= 4 is 17.4 Å². The predicted molar refractivity (Wildman–Crippen MR) is 65.0 cm³/mol. The van der Waals surface area contributed by atoms with Crippen molar-refractivity contribution in [2.45, 2.75) is 19.3 Å². The molecule has 2 aliphatic rings. The van der Waals surface area contributed by atoms with Crippen LogP contribution in [-0.2, 0) is 16.8 Å². The minimum absolute atomic E-state index is 0.00644. The number of rotatable bonds is 0. The molecule has 0 saturated carbocycles. The fourth-order valence-electron chi connectivity index (χ4n) is 2.03. The van der Waals surface area contributed by atoms with Gasteiger partial charge in [0.1, 0.15) is 0 Å². The van der Waals surface area contributed by atoms with Crippen LogP contribution in [0, 0.1) is 4.51 Å². The molecule has 2 heteroatoms. The van der Waals surface area contributed by atoms with Crippen LogP contribution in [0.5, 0.6) is 0 Å². The van der Waals surface area contributed by atoms with Crippen LogP contribution in [-0.4, -0.2) is 0 Å². The molecule has 1 aromatic carbocycles. The molecule has 0 atom stereocenters. The highest BCUT2D eigenvalue weighted by atomic mass is 32.1. The lowest BCUT2D eigenvalue weighted by Gasteiger charge is -2.18. The quantitative estimate of drug-likeness (QED) is 0.464. The largest absolute Gasteiger partial charge is 0.253 e. The van der Waals surface area contributed by atoms with Gasteiger partial charge in [0, 0.05) is 28.8 Å². The smallest absolute Gasteiger partial charge is 0.238 e. The maximum Gasteiger partial charge on any atom is 0.238 e. The van der Waals surface area contributed by atoms with Gasteiger partial charge < -0.3 is 0 Å². The molecule has 1 aromatic rings. The van der Waals surface area contributed by atoms with Crippen molar-refractivity contribution in [2.75, 3.05) is 0 Å². The third-order valence-electron chi connectivity index (χ3n) is 3.22. The minimum atomic E-state index is -0.00644. The average molecular weight is 214 g/mol. The number of benzene rings is 1. The monoisotopic (exact) mass is 214 g/mol. The molecule has 0 amide bonds. The number of fused-ring (bicyclic) bond motifs is 2. The first-order valence-electron chi connectivity index (χ1n) is 5.02. The van der Waals surface area contributed by atoms with E-state index in [4.69, 9.17) is 0 Å². The molecule has 0 saturated heterocycles. The molecule has 74 valence electrons. The lowest BCUT2D eigenvalue weighted by atomic mass is 9.84. The Kier molecular flexibility index (Phi) is 1.58. The maximum absolute atomic E-state index is 4.54. The summed E-state index contributed by atoms with van der Waals surface area (Å²) < 4.78 is 1.34. The van der Waals surface area contributed by atoms with E-state index in [9.17, 15) is 0 Å². The molecule has 0 N–H and O–H groups in total. The van der Waals surface area contributed by atoms with E-state index in [0.29, 0.717) is 0 Å². The van der Waals surface area contributed by atoms with Gasteiger partial charge in [-0.2, -0.15) is 0 Å². The summed E-state index contributed by atoms with van der Waals surface area (Å²) in [6.45, 7) is 8.40. The summed E-state index contributed by atoms with van der Waals surface area (Å²) in [5.74, 6) is 0. The molecule has 0 radical (unpaired) electrons. The summed E-state index contributed by atoms with van der Waals surface area (Å²) in [5, 5.41) is 3.22. The van der Waals surface area contributed by atoms with Gasteiger partial charge in [-0.15, -0.1) is 0 Å². The van der Waals surface area contributed by atoms with Gasteiger partial charge in [-0.05, 0) is 11.6 Å². The maximum atomic E-state index is 4.54. The topological polar surface area (TPSA) is 12.4 Å². The molecule has 0 aliphatic carbocycles. The Bertz CT molecular complexity index is 621. The fourth-order valence-corrected chi connectivity index (χ4v) is 2.84. The molecule has 0 fully saturated rings. The van der Waals surface area contributed by atoms with Crippen molar-refractivity contribution in [3.63, 3.8) is 0 Å². The zero-order chi connectivity index (χ0) is 10.6. The third-order valence-corrected chi connectivity index (χ3v) is 4.10. The van der Waals surface area contributed by atoms with Crippen molar-refractivity contribution < 1.29 is 0 Å². The van der Waals surface area contributed by atoms with Gasteiger partial charge in [-0.3, -0.25) is 4.99 Å². The van der Waals surface area contributed by atoms with E-state index in [-0.39, 0.29) is 5.41 Å². The second-order valence-corrected chi connectivity index (χ2v) is 5.46. The van der Waals surface area contributed by atoms with E-state index in [2.05, 4.69) is 49.0 Å². The molecule has 0 spiro atoms. The molecule has 0 unspecified atom stereocenters. The highest BCUT2D eigenvalue weighted by Crippen LogP contribution is 2.33. The summed E-state index contributed by atoms with van der Waals surface area (Å²) in [4.78, 5) is 4.54. The number of allylic oxidation sites excluding steroid dienone is 1. The minimum Gasteiger partial charge on any atom is -0.253 e. The summed E-state index contributed by atoms with van der Waals surface area (Å²) in [5.41, 5.74) is 3.55. The van der Waals surface area contributed by atoms with E-state index in [1.807, 2.05) is 0 Å². The summed E-state index contributed by atoms with van der Waals surface area (Å²) in [6, 6.07) is 4.43. The standard InChI is InChI=1S/C13H12NS/c1-8-13(2,3)10-7-12-9(4-5-15-12)6-11(10)14-8/h4-7H,1H2,2-3H3/q+1. The average Bonchev–Trinajstić information content (AvgIpc) is 2.69. The molecule has 2 aliphatic heterocycles. The Morgan fingerprint density at radius 1 is 1.33 bits per heavy atom. The molecule has 0 bridgehead atoms. The number of nitrogens with zero attached hydrogens (tertiary/aromatic N) is 1. The Morgan fingerprint density at radius 3 is 2.93 bits per heavy atom. The zero-order valence-corrected chi connectivity index (χ0v) is 9.69. The Hall–Kier alpha value is -1.28. The van der Waals surface area contributed by atoms with Crippen LogP contribution in [0.15, 0.2) is 34.8 Å². The molecular weight excluding hydrogens is 202 g/mol. The van der Waals surface area contributed by atoms with Gasteiger partial charge in [0.05, 0.1) is 5.36 Å². The van der Waals surface area contributed by atoms with Crippen molar-refractivity contribution in [3.05, 3.63) is 50.8 Å². The van der Waals surface area contributed by atoms with Gasteiger partial charge in [0.15, 0.2) is 5.41 Å². The van der Waals surface area contributed by atoms with Gasteiger partial charge in [0.2, 0.25) is 15.9 Å². The van der Waals surface area contributed by atoms with Crippen molar-refractivity contribution in [1.82, 2.24) is 0 Å². The normalized spacial score (nSPS) is 19.5. The molecule has 2 heterocycles. The van der Waals surface area contributed by atoms with Gasteiger partial charge in [-0.1, -0.05) is 20.4 Å². The van der Waals surface area contributed by atoms with Gasteiger partial charge in [0.25, 0.3) is 0 Å². The van der Waals surface area contributed by atoms with Crippen molar-refractivity contribution in [3.8, 4) is 0 Å². The van der Waals surface area contributed by atoms with Crippen LogP contribution in [0.1, 0.15) is 25.0 Å². The summed E-state index contributed by atoms with van der Waals surface area (Å²) in [6.07, 6.45) is 2.14. The van der Waals surface area contributed by atoms with E-state index in [0.717, 1.165) is 11.1 Å². The Labute approximate surface area is 92.8 Å². The van der Waals surface area contributed by atoms with Crippen LogP contribution >= 0.6 is 0 Å². The predicted octanol–water partition coefficient (Wildman–Crippen LogP) is 2.43. The first-order chi connectivity index (χ1) is 7.09. The van der Waals surface area contributed by atoms with E-state index in [1.54, 1.807) is 11.4 Å². The molecule has 0 aromatic heterocycles. The highest BCUT2D eigenvalue weighted by molar-refractivity contribution is 7.74. The van der Waals surface area contributed by atoms with E-state index in [1.165, 1.54) is 15.6 Å². The van der Waals surface area contributed by atoms with E-state index >= 15 is 0 Å². The SMILES string of the molecule is C=C1N=c2cc3c(cc2C1(C)C)=[S+]C=C3. The second kappa shape index (κ2) is 2.64. The van der Waals surface area contributed by atoms with Crippen molar-refractivity contribution in [1.29, 1.82) is 0 Å². The fraction of sp³-hybridized carbons (Fsp3) is 0.231.